The van der Waals surface area contributed by atoms with Crippen molar-refractivity contribution < 1.29 is 67.5 Å². The third-order valence-corrected chi connectivity index (χ3v) is 21.4. The molecule has 18 nitrogen and oxygen atoms in total. The first-order chi connectivity index (χ1) is 40.7. The van der Waals surface area contributed by atoms with Gasteiger partial charge in [-0.2, -0.15) is 13.2 Å². The second-order valence-corrected chi connectivity index (χ2v) is 32.2. The molecule has 0 spiro atoms. The molecule has 7 rings (SSSR count). The molecule has 0 aromatic heterocycles. The number of allylic oxidation sites excluding steroid dienone is 1. The Labute approximate surface area is 519 Å². The molecule has 0 radical (unpaired) electrons. The van der Waals surface area contributed by atoms with Crippen molar-refractivity contribution in [2.75, 3.05) is 108 Å². The van der Waals surface area contributed by atoms with Crippen molar-refractivity contribution in [3.05, 3.63) is 119 Å². The minimum atomic E-state index is -6.18. The molecule has 4 aromatic carbocycles. The van der Waals surface area contributed by atoms with Crippen LogP contribution in [-0.4, -0.2) is 158 Å². The van der Waals surface area contributed by atoms with E-state index >= 15 is 0 Å². The highest BCUT2D eigenvalue weighted by atomic mass is 35.5. The summed E-state index contributed by atoms with van der Waals surface area (Å²) in [5.41, 5.74) is -3.05. The molecule has 2 saturated heterocycles. The van der Waals surface area contributed by atoms with Gasteiger partial charge in [-0.1, -0.05) is 61.4 Å². The summed E-state index contributed by atoms with van der Waals surface area (Å²) >= 11 is 7.60. The Balaban J connectivity index is 0.980. The Kier molecular flexibility index (Phi) is 23.4. The average molecular weight is 1310 g/mol. The van der Waals surface area contributed by atoms with Crippen molar-refractivity contribution in [3.63, 3.8) is 0 Å². The van der Waals surface area contributed by atoms with Gasteiger partial charge in [0.05, 0.1) is 27.6 Å². The average Bonchev–Trinajstić information content (AvgIpc) is 1.08. The standard InChI is InChI=1S/C61H81ClF3N6O12PS3/c1-58(2,3)56(73)80-42-82-84(75,83-43-81-57(74)59(4,5)6)37-36-69-30-28-68(29-31-69)27-25-48(41-85-50-12-10-9-11-13-50)66-53-23-22-51(38-54(53)86(76,77)61(63,64)65)87(78,79)67-55(72)45-16-20-49(21-17-45)71-34-32-70(33-35-71)40-46-39-60(7,8)26-24-52(46)44-14-18-47(62)19-15-44/h9-23,38,48,66H,24-37,39-43H2,1-8H3,(H,67,72)/t48-/m1/s1. The number of alkyl halides is 3. The summed E-state index contributed by atoms with van der Waals surface area (Å²) in [6, 6.07) is 25.2. The number of sulfonamides is 1. The van der Waals surface area contributed by atoms with Crippen LogP contribution in [0, 0.1) is 16.2 Å². The molecule has 1 atom stereocenters. The zero-order chi connectivity index (χ0) is 63.6. The molecule has 1 amide bonds. The molecule has 3 aliphatic rings. The van der Waals surface area contributed by atoms with E-state index in [9.17, 15) is 49.0 Å². The maximum atomic E-state index is 14.5. The number of carbonyl (C=O) groups excluding carboxylic acids is 3. The molecular weight excluding hydrogens is 1230 g/mol. The molecule has 2 N–H and O–H groups in total. The Bertz CT molecular complexity index is 3300. The van der Waals surface area contributed by atoms with E-state index < -0.39 is 96.7 Å². The molecule has 87 heavy (non-hydrogen) atoms. The SMILES string of the molecule is CC1(C)CCC(c2ccc(Cl)cc2)=C(CN2CCN(c3ccc(C(=O)NS(=O)(=O)c4ccc(N[C@H](CCN5CCN(CCP(=O)(OCOC(=O)C(C)(C)C)OCOC(=O)C(C)(C)C)CC5)CSc5ccccc5)c(S(=O)(=O)C(F)(F)F)c4)cc3)CC2)C1. The van der Waals surface area contributed by atoms with Crippen LogP contribution in [0.2, 0.25) is 5.02 Å². The number of piperazine rings is 2. The fourth-order valence-electron chi connectivity index (χ4n) is 10.1. The number of nitrogens with one attached hydrogen (secondary N) is 2. The number of rotatable bonds is 25. The largest absolute Gasteiger partial charge is 0.501 e. The summed E-state index contributed by atoms with van der Waals surface area (Å²) in [6.45, 7) is 19.7. The Hall–Kier alpha value is -5.01. The molecule has 478 valence electrons. The summed E-state index contributed by atoms with van der Waals surface area (Å²) in [6.07, 6.45) is 3.26. The van der Waals surface area contributed by atoms with E-state index in [4.69, 9.17) is 30.1 Å². The number of amides is 1. The number of sulfone groups is 1. The summed E-state index contributed by atoms with van der Waals surface area (Å²) < 4.78 is 135. The van der Waals surface area contributed by atoms with Gasteiger partial charge in [-0.3, -0.25) is 32.9 Å². The van der Waals surface area contributed by atoms with E-state index in [0.717, 1.165) is 61.6 Å². The zero-order valence-corrected chi connectivity index (χ0v) is 54.7. The Morgan fingerprint density at radius 2 is 1.30 bits per heavy atom. The van der Waals surface area contributed by atoms with Gasteiger partial charge in [0.15, 0.2) is 0 Å². The first-order valence-electron chi connectivity index (χ1n) is 28.9. The number of hydrogen-bond donors (Lipinski definition) is 2. The molecule has 4 aromatic rings. The predicted octanol–water partition coefficient (Wildman–Crippen LogP) is 11.4. The Morgan fingerprint density at radius 1 is 0.736 bits per heavy atom. The van der Waals surface area contributed by atoms with Crippen LogP contribution in [0.1, 0.15) is 97.0 Å². The first kappa shape index (κ1) is 69.5. The lowest BCUT2D eigenvalue weighted by atomic mass is 9.73. The topological polar surface area (TPSA) is 210 Å². The van der Waals surface area contributed by atoms with E-state index in [0.29, 0.717) is 63.3 Å². The van der Waals surface area contributed by atoms with E-state index in [2.05, 4.69) is 46.0 Å². The minimum absolute atomic E-state index is 0.0421. The number of benzene rings is 4. The predicted molar refractivity (Wildman–Crippen MR) is 333 cm³/mol. The van der Waals surface area contributed by atoms with Gasteiger partial charge in [-0.25, -0.2) is 21.6 Å². The fourth-order valence-corrected chi connectivity index (χ4v) is 14.5. The van der Waals surface area contributed by atoms with Crippen LogP contribution in [0.15, 0.2) is 117 Å². The van der Waals surface area contributed by atoms with Crippen molar-refractivity contribution in [2.24, 2.45) is 16.2 Å². The lowest BCUT2D eigenvalue weighted by Crippen LogP contribution is -2.48. The number of hydrogen-bond acceptors (Lipinski definition) is 18. The monoisotopic (exact) mass is 1310 g/mol. The third-order valence-electron chi connectivity index (χ3n) is 15.3. The Morgan fingerprint density at radius 3 is 1.86 bits per heavy atom. The molecule has 2 aliphatic heterocycles. The second-order valence-electron chi connectivity index (χ2n) is 24.9. The molecule has 0 saturated carbocycles. The van der Waals surface area contributed by atoms with E-state index in [1.807, 2.05) is 52.1 Å². The molecular formula is C61H81ClF3N6O12PS3. The number of halogens is 4. The number of carbonyl (C=O) groups is 3. The number of anilines is 2. The van der Waals surface area contributed by atoms with Crippen molar-refractivity contribution in [3.8, 4) is 0 Å². The van der Waals surface area contributed by atoms with Crippen LogP contribution >= 0.6 is 31.0 Å². The quantitative estimate of drug-likeness (QED) is 0.0273. The lowest BCUT2D eigenvalue weighted by molar-refractivity contribution is -0.162. The fraction of sp³-hybridized carbons (Fsp3) is 0.525. The number of nitrogens with zero attached hydrogens (tertiary/aromatic N) is 4. The summed E-state index contributed by atoms with van der Waals surface area (Å²) in [7, 11) is -15.1. The molecule has 2 fully saturated rings. The van der Waals surface area contributed by atoms with Crippen molar-refractivity contribution in [1.29, 1.82) is 0 Å². The van der Waals surface area contributed by atoms with Gasteiger partial charge in [-0.05, 0) is 151 Å². The summed E-state index contributed by atoms with van der Waals surface area (Å²) in [5.74, 6) is -1.98. The minimum Gasteiger partial charge on any atom is -0.438 e. The number of esters is 2. The van der Waals surface area contributed by atoms with Gasteiger partial charge in [0.1, 0.15) is 4.90 Å². The van der Waals surface area contributed by atoms with Gasteiger partial charge in [0.25, 0.3) is 25.8 Å². The second kappa shape index (κ2) is 29.3. The van der Waals surface area contributed by atoms with E-state index in [-0.39, 0.29) is 29.4 Å². The number of thioether (sulfide) groups is 1. The highest BCUT2D eigenvalue weighted by molar-refractivity contribution is 7.99. The van der Waals surface area contributed by atoms with Crippen LogP contribution in [0.5, 0.6) is 0 Å². The molecule has 0 unspecified atom stereocenters. The highest BCUT2D eigenvalue weighted by Crippen LogP contribution is 2.48. The maximum absolute atomic E-state index is 14.5. The van der Waals surface area contributed by atoms with Crippen LogP contribution in [-0.2, 0) is 52.5 Å². The highest BCUT2D eigenvalue weighted by Gasteiger charge is 2.49. The van der Waals surface area contributed by atoms with E-state index in [1.165, 1.54) is 40.6 Å². The first-order valence-corrected chi connectivity index (χ1v) is 34.9. The van der Waals surface area contributed by atoms with Gasteiger partial charge in [0, 0.05) is 105 Å². The maximum Gasteiger partial charge on any atom is 0.501 e. The van der Waals surface area contributed by atoms with Crippen LogP contribution < -0.4 is 14.9 Å². The zero-order valence-electron chi connectivity index (χ0n) is 50.6. The van der Waals surface area contributed by atoms with Gasteiger partial charge in [0.2, 0.25) is 13.6 Å². The number of ether oxygens (including phenoxy) is 2. The van der Waals surface area contributed by atoms with Gasteiger partial charge < -0.3 is 29.5 Å². The van der Waals surface area contributed by atoms with Crippen LogP contribution in [0.3, 0.4) is 0 Å². The van der Waals surface area contributed by atoms with Crippen LogP contribution in [0.25, 0.3) is 5.57 Å². The van der Waals surface area contributed by atoms with Crippen LogP contribution in [0.4, 0.5) is 24.5 Å². The summed E-state index contributed by atoms with van der Waals surface area (Å²) in [5, 5.41) is 3.70. The van der Waals surface area contributed by atoms with Gasteiger partial charge >= 0.3 is 25.0 Å². The molecule has 2 heterocycles. The van der Waals surface area contributed by atoms with Crippen molar-refractivity contribution in [2.45, 2.75) is 107 Å². The molecule has 26 heteroatoms. The third kappa shape index (κ3) is 20.0. The lowest BCUT2D eigenvalue weighted by Gasteiger charge is -2.39. The van der Waals surface area contributed by atoms with Crippen molar-refractivity contribution in [1.82, 2.24) is 19.4 Å². The normalized spacial score (nSPS) is 17.4. The van der Waals surface area contributed by atoms with E-state index in [1.54, 1.807) is 53.7 Å². The van der Waals surface area contributed by atoms with Crippen molar-refractivity contribution >= 4 is 85.6 Å². The summed E-state index contributed by atoms with van der Waals surface area (Å²) in [4.78, 5) is 45.7. The van der Waals surface area contributed by atoms with Gasteiger partial charge in [-0.15, -0.1) is 11.8 Å². The smallest absolute Gasteiger partial charge is 0.438 e. The molecule has 1 aliphatic carbocycles. The molecule has 0 bridgehead atoms.